The third kappa shape index (κ3) is 46.9. The average molecular weight is 845 g/mol. The normalized spacial score (nSPS) is 12.1. The molecule has 0 saturated carbocycles. The van der Waals surface area contributed by atoms with Crippen LogP contribution in [0.25, 0.3) is 0 Å². The number of hydrogen-bond acceptors (Lipinski definition) is 6. The van der Waals surface area contributed by atoms with E-state index in [0.717, 1.165) is 70.6 Å². The van der Waals surface area contributed by atoms with Gasteiger partial charge < -0.3 is 14.2 Å². The zero-order valence-corrected chi connectivity index (χ0v) is 40.2. The third-order valence-electron chi connectivity index (χ3n) is 11.7. The summed E-state index contributed by atoms with van der Waals surface area (Å²) < 4.78 is 16.8. The van der Waals surface area contributed by atoms with Crippen LogP contribution in [0.3, 0.4) is 0 Å². The Balaban J connectivity index is 4.37. The predicted molar refractivity (Wildman–Crippen MR) is 256 cm³/mol. The molecule has 0 bridgehead atoms. The van der Waals surface area contributed by atoms with Crippen LogP contribution >= 0.6 is 0 Å². The first-order valence-corrected chi connectivity index (χ1v) is 26.3. The van der Waals surface area contributed by atoms with Gasteiger partial charge in [0.05, 0.1) is 0 Å². The van der Waals surface area contributed by atoms with E-state index < -0.39 is 6.10 Å². The summed E-state index contributed by atoms with van der Waals surface area (Å²) in [4.78, 5) is 38.0. The molecule has 0 N–H and O–H groups in total. The van der Waals surface area contributed by atoms with Crippen molar-refractivity contribution in [1.29, 1.82) is 0 Å². The van der Waals surface area contributed by atoms with E-state index in [9.17, 15) is 14.4 Å². The van der Waals surface area contributed by atoms with Gasteiger partial charge in [0.15, 0.2) is 6.10 Å². The molecule has 1 atom stereocenters. The second-order valence-electron chi connectivity index (χ2n) is 17.8. The number of unbranched alkanes of at least 4 members (excludes halogenated alkanes) is 33. The molecule has 0 saturated heterocycles. The highest BCUT2D eigenvalue weighted by atomic mass is 16.6. The van der Waals surface area contributed by atoms with Gasteiger partial charge in [0.1, 0.15) is 13.2 Å². The smallest absolute Gasteiger partial charge is 0.306 e. The highest BCUT2D eigenvalue weighted by molar-refractivity contribution is 5.71. The number of ether oxygens (including phenoxy) is 3. The van der Waals surface area contributed by atoms with E-state index in [1.807, 2.05) is 0 Å². The fourth-order valence-corrected chi connectivity index (χ4v) is 7.67. The Labute approximate surface area is 373 Å². The van der Waals surface area contributed by atoms with Crippen LogP contribution in [0.5, 0.6) is 0 Å². The van der Waals surface area contributed by atoms with Crippen molar-refractivity contribution in [3.63, 3.8) is 0 Å². The van der Waals surface area contributed by atoms with E-state index in [0.29, 0.717) is 19.3 Å². The van der Waals surface area contributed by atoms with Gasteiger partial charge in [0.2, 0.25) is 0 Å². The van der Waals surface area contributed by atoms with Crippen LogP contribution in [-0.2, 0) is 28.6 Å². The van der Waals surface area contributed by atoms with E-state index >= 15 is 0 Å². The van der Waals surface area contributed by atoms with Gasteiger partial charge in [-0.3, -0.25) is 14.4 Å². The minimum Gasteiger partial charge on any atom is -0.462 e. The monoisotopic (exact) mass is 845 g/mol. The molecule has 0 spiro atoms. The molecular weight excluding hydrogens is 745 g/mol. The molecule has 0 heterocycles. The Bertz CT molecular complexity index is 973. The van der Waals surface area contributed by atoms with E-state index in [1.165, 1.54) is 173 Å². The highest BCUT2D eigenvalue weighted by Crippen LogP contribution is 2.15. The van der Waals surface area contributed by atoms with Gasteiger partial charge in [-0.2, -0.15) is 0 Å². The number of rotatable bonds is 48. The van der Waals surface area contributed by atoms with Crippen molar-refractivity contribution in [2.75, 3.05) is 13.2 Å². The van der Waals surface area contributed by atoms with Gasteiger partial charge in [-0.05, 0) is 70.6 Å². The molecule has 0 radical (unpaired) electrons. The van der Waals surface area contributed by atoms with E-state index in [1.54, 1.807) is 0 Å². The zero-order valence-electron chi connectivity index (χ0n) is 40.2. The molecule has 0 aromatic carbocycles. The topological polar surface area (TPSA) is 78.9 Å². The second kappa shape index (κ2) is 49.5. The van der Waals surface area contributed by atoms with Crippen molar-refractivity contribution in [1.82, 2.24) is 0 Å². The van der Waals surface area contributed by atoms with Crippen LogP contribution in [-0.4, -0.2) is 37.2 Å². The second-order valence-corrected chi connectivity index (χ2v) is 17.8. The summed E-state index contributed by atoms with van der Waals surface area (Å²) in [5.74, 6) is -0.878. The summed E-state index contributed by atoms with van der Waals surface area (Å²) in [5, 5.41) is 0. The molecule has 6 nitrogen and oxygen atoms in total. The van der Waals surface area contributed by atoms with Crippen LogP contribution < -0.4 is 0 Å². The summed E-state index contributed by atoms with van der Waals surface area (Å²) in [6, 6.07) is 0. The molecule has 0 aliphatic heterocycles. The maximum Gasteiger partial charge on any atom is 0.306 e. The van der Waals surface area contributed by atoms with E-state index in [2.05, 4.69) is 45.1 Å². The zero-order chi connectivity index (χ0) is 43.7. The molecule has 352 valence electrons. The summed E-state index contributed by atoms with van der Waals surface area (Å²) in [6.07, 6.45) is 55.8. The molecule has 0 aromatic heterocycles. The molecule has 0 aliphatic rings. The maximum atomic E-state index is 12.8. The van der Waals surface area contributed by atoms with E-state index in [4.69, 9.17) is 14.2 Å². The SMILES string of the molecule is CCCCCCC/C=C\CCCCCCCC(=O)O[C@@H](COC(=O)CCCCCCC/C=C\CCCCCCCC)COC(=O)CCCCCCCCCCCCCCC. The van der Waals surface area contributed by atoms with Crippen LogP contribution in [0.15, 0.2) is 24.3 Å². The Hall–Kier alpha value is -2.11. The fraction of sp³-hybridized carbons (Fsp3) is 0.870. The van der Waals surface area contributed by atoms with Crippen molar-refractivity contribution in [2.24, 2.45) is 0 Å². The lowest BCUT2D eigenvalue weighted by Gasteiger charge is -2.18. The van der Waals surface area contributed by atoms with Crippen molar-refractivity contribution >= 4 is 17.9 Å². The van der Waals surface area contributed by atoms with Crippen molar-refractivity contribution < 1.29 is 28.6 Å². The molecule has 0 unspecified atom stereocenters. The van der Waals surface area contributed by atoms with Gasteiger partial charge in [0, 0.05) is 19.3 Å². The van der Waals surface area contributed by atoms with Crippen LogP contribution in [0.1, 0.15) is 284 Å². The first-order chi connectivity index (χ1) is 29.5. The third-order valence-corrected chi connectivity index (χ3v) is 11.7. The van der Waals surface area contributed by atoms with Gasteiger partial charge in [-0.1, -0.05) is 218 Å². The largest absolute Gasteiger partial charge is 0.462 e. The molecule has 6 heteroatoms. The molecule has 0 amide bonds. The summed E-state index contributed by atoms with van der Waals surface area (Å²) >= 11 is 0. The van der Waals surface area contributed by atoms with Crippen molar-refractivity contribution in [3.8, 4) is 0 Å². The molecule has 0 aliphatic carbocycles. The fourth-order valence-electron chi connectivity index (χ4n) is 7.67. The highest BCUT2D eigenvalue weighted by Gasteiger charge is 2.19. The quantitative estimate of drug-likeness (QED) is 0.0263. The van der Waals surface area contributed by atoms with Gasteiger partial charge in [-0.15, -0.1) is 0 Å². The predicted octanol–water partition coefficient (Wildman–Crippen LogP) is 17.2. The van der Waals surface area contributed by atoms with Gasteiger partial charge in [0.25, 0.3) is 0 Å². The minimum absolute atomic E-state index is 0.0735. The van der Waals surface area contributed by atoms with Crippen molar-refractivity contribution in [2.45, 2.75) is 290 Å². The number of carbonyl (C=O) groups is 3. The molecule has 60 heavy (non-hydrogen) atoms. The van der Waals surface area contributed by atoms with Crippen molar-refractivity contribution in [3.05, 3.63) is 24.3 Å². The lowest BCUT2D eigenvalue weighted by atomic mass is 10.0. The van der Waals surface area contributed by atoms with Gasteiger partial charge in [-0.25, -0.2) is 0 Å². The summed E-state index contributed by atoms with van der Waals surface area (Å²) in [5.41, 5.74) is 0. The van der Waals surface area contributed by atoms with E-state index in [-0.39, 0.29) is 31.1 Å². The van der Waals surface area contributed by atoms with Gasteiger partial charge >= 0.3 is 17.9 Å². The lowest BCUT2D eigenvalue weighted by molar-refractivity contribution is -0.167. The maximum absolute atomic E-state index is 12.8. The number of hydrogen-bond donors (Lipinski definition) is 0. The minimum atomic E-state index is -0.774. The van der Waals surface area contributed by atoms with Crippen LogP contribution in [0.2, 0.25) is 0 Å². The first kappa shape index (κ1) is 57.9. The average Bonchev–Trinajstić information content (AvgIpc) is 3.24. The lowest BCUT2D eigenvalue weighted by Crippen LogP contribution is -2.30. The standard InChI is InChI=1S/C54H100O6/c1-4-7-10-13-16-19-22-25-27-30-32-35-38-41-44-47-53(56)59-50-51(49-58-52(55)46-43-40-37-34-31-28-24-21-18-15-12-9-6-3)60-54(57)48-45-42-39-36-33-29-26-23-20-17-14-11-8-5-2/h23,25-27,51H,4-22,24,28-50H2,1-3H3/b26-23-,27-25-/t51-/m1/s1. The number of carbonyl (C=O) groups excluding carboxylic acids is 3. The summed E-state index contributed by atoms with van der Waals surface area (Å²) in [6.45, 7) is 6.63. The first-order valence-electron chi connectivity index (χ1n) is 26.3. The number of esters is 3. The Morgan fingerprint density at radius 2 is 0.550 bits per heavy atom. The Morgan fingerprint density at radius 3 is 0.833 bits per heavy atom. The van der Waals surface area contributed by atoms with Crippen LogP contribution in [0, 0.1) is 0 Å². The molecule has 0 aromatic rings. The van der Waals surface area contributed by atoms with Crippen LogP contribution in [0.4, 0.5) is 0 Å². The summed E-state index contributed by atoms with van der Waals surface area (Å²) in [7, 11) is 0. The Morgan fingerprint density at radius 1 is 0.317 bits per heavy atom. The number of allylic oxidation sites excluding steroid dienone is 4. The Kier molecular flexibility index (Phi) is 47.8. The molecule has 0 rings (SSSR count). The molecule has 0 fully saturated rings. The molecular formula is C54H100O6.